The summed E-state index contributed by atoms with van der Waals surface area (Å²) in [6.45, 7) is 12.7. The molecule has 0 saturated carbocycles. The van der Waals surface area contributed by atoms with Gasteiger partial charge in [0, 0.05) is 13.1 Å². The molecule has 0 fully saturated rings. The zero-order chi connectivity index (χ0) is 11.8. The van der Waals surface area contributed by atoms with Gasteiger partial charge in [-0.15, -0.1) is 13.2 Å². The third-order valence-electron chi connectivity index (χ3n) is 2.19. The summed E-state index contributed by atoms with van der Waals surface area (Å²) in [5.41, 5.74) is 0. The third-order valence-corrected chi connectivity index (χ3v) is 2.19. The Balaban J connectivity index is 4.72. The van der Waals surface area contributed by atoms with E-state index in [0.29, 0.717) is 13.1 Å². The van der Waals surface area contributed by atoms with Gasteiger partial charge in [0.05, 0.1) is 7.11 Å². The molecule has 0 aliphatic rings. The van der Waals surface area contributed by atoms with E-state index in [0.717, 1.165) is 0 Å². The maximum absolute atomic E-state index is 11.6. The lowest BCUT2D eigenvalue weighted by atomic mass is 10.0. The predicted octanol–water partition coefficient (Wildman–Crippen LogP) is 1.86. The fourth-order valence-electron chi connectivity index (χ4n) is 1.60. The Morgan fingerprint density at radius 3 is 2.07 bits per heavy atom. The van der Waals surface area contributed by atoms with Gasteiger partial charge in [-0.1, -0.05) is 26.0 Å². The molecule has 0 aromatic carbocycles. The highest BCUT2D eigenvalue weighted by Crippen LogP contribution is 2.12. The van der Waals surface area contributed by atoms with Gasteiger partial charge in [0.15, 0.2) is 0 Å². The fraction of sp³-hybridized carbons (Fsp3) is 0.583. The van der Waals surface area contributed by atoms with Crippen LogP contribution in [0.25, 0.3) is 0 Å². The molecule has 0 aliphatic carbocycles. The van der Waals surface area contributed by atoms with Gasteiger partial charge in [0.25, 0.3) is 0 Å². The molecule has 0 rings (SSSR count). The standard InChI is InChI=1S/C12H21NO2/c1-6-8-13(9-7-2)11(10(3)4)12(14)15-5/h6-7,10-11H,1-2,8-9H2,3-5H3. The van der Waals surface area contributed by atoms with Crippen LogP contribution in [0.1, 0.15) is 13.8 Å². The lowest BCUT2D eigenvalue weighted by Gasteiger charge is -2.30. The number of methoxy groups -OCH3 is 1. The summed E-state index contributed by atoms with van der Waals surface area (Å²) in [7, 11) is 1.41. The molecule has 3 heteroatoms. The first-order valence-corrected chi connectivity index (χ1v) is 5.12. The van der Waals surface area contributed by atoms with Gasteiger partial charge in [-0.25, -0.2) is 0 Å². The van der Waals surface area contributed by atoms with Crippen LogP contribution in [0.5, 0.6) is 0 Å². The number of carbonyl (C=O) groups excluding carboxylic acids is 1. The molecule has 0 aromatic rings. The maximum atomic E-state index is 11.6. The first-order chi connectivity index (χ1) is 7.08. The summed E-state index contributed by atoms with van der Waals surface area (Å²) in [6.07, 6.45) is 3.56. The number of carbonyl (C=O) groups is 1. The van der Waals surface area contributed by atoms with Crippen molar-refractivity contribution in [3.8, 4) is 0 Å². The van der Waals surface area contributed by atoms with Crippen molar-refractivity contribution >= 4 is 5.97 Å². The van der Waals surface area contributed by atoms with Crippen molar-refractivity contribution in [3.05, 3.63) is 25.3 Å². The second-order valence-electron chi connectivity index (χ2n) is 3.74. The molecule has 0 heterocycles. The number of hydrogen-bond acceptors (Lipinski definition) is 3. The van der Waals surface area contributed by atoms with E-state index in [2.05, 4.69) is 13.2 Å². The van der Waals surface area contributed by atoms with Gasteiger partial charge < -0.3 is 4.74 Å². The Labute approximate surface area is 92.4 Å². The molecule has 1 unspecified atom stereocenters. The van der Waals surface area contributed by atoms with Crippen molar-refractivity contribution in [3.63, 3.8) is 0 Å². The van der Waals surface area contributed by atoms with Crippen molar-refractivity contribution in [1.29, 1.82) is 0 Å². The van der Waals surface area contributed by atoms with Crippen LogP contribution < -0.4 is 0 Å². The number of nitrogens with zero attached hydrogens (tertiary/aromatic N) is 1. The molecular formula is C12H21NO2. The van der Waals surface area contributed by atoms with Crippen LogP contribution in [-0.2, 0) is 9.53 Å². The average Bonchev–Trinajstić information content (AvgIpc) is 2.18. The average molecular weight is 211 g/mol. The highest BCUT2D eigenvalue weighted by Gasteiger charge is 2.28. The minimum atomic E-state index is -0.231. The summed E-state index contributed by atoms with van der Waals surface area (Å²) < 4.78 is 4.80. The minimum Gasteiger partial charge on any atom is -0.468 e. The zero-order valence-corrected chi connectivity index (χ0v) is 9.90. The maximum Gasteiger partial charge on any atom is 0.323 e. The van der Waals surface area contributed by atoms with E-state index in [1.165, 1.54) is 7.11 Å². The Morgan fingerprint density at radius 2 is 1.80 bits per heavy atom. The van der Waals surface area contributed by atoms with Crippen LogP contribution in [0.3, 0.4) is 0 Å². The van der Waals surface area contributed by atoms with Crippen molar-refractivity contribution in [2.24, 2.45) is 5.92 Å². The molecule has 0 amide bonds. The van der Waals surface area contributed by atoms with Crippen LogP contribution in [0.15, 0.2) is 25.3 Å². The van der Waals surface area contributed by atoms with Gasteiger partial charge in [0.2, 0.25) is 0 Å². The van der Waals surface area contributed by atoms with Crippen LogP contribution in [0, 0.1) is 5.92 Å². The van der Waals surface area contributed by atoms with Gasteiger partial charge in [-0.2, -0.15) is 0 Å². The molecule has 0 aliphatic heterocycles. The monoisotopic (exact) mass is 211 g/mol. The summed E-state index contributed by atoms with van der Waals surface area (Å²) in [6, 6.07) is -0.231. The van der Waals surface area contributed by atoms with E-state index in [9.17, 15) is 4.79 Å². The summed E-state index contributed by atoms with van der Waals surface area (Å²) in [5, 5.41) is 0. The second kappa shape index (κ2) is 7.23. The van der Waals surface area contributed by atoms with Crippen LogP contribution >= 0.6 is 0 Å². The Morgan fingerprint density at radius 1 is 1.33 bits per heavy atom. The lowest BCUT2D eigenvalue weighted by Crippen LogP contribution is -2.45. The second-order valence-corrected chi connectivity index (χ2v) is 3.74. The number of ether oxygens (including phenoxy) is 1. The molecule has 1 atom stereocenters. The van der Waals surface area contributed by atoms with E-state index < -0.39 is 0 Å². The van der Waals surface area contributed by atoms with E-state index in [1.807, 2.05) is 18.7 Å². The number of hydrogen-bond donors (Lipinski definition) is 0. The minimum absolute atomic E-state index is 0.200. The molecule has 0 bridgehead atoms. The molecule has 0 spiro atoms. The van der Waals surface area contributed by atoms with Crippen molar-refractivity contribution in [1.82, 2.24) is 4.90 Å². The quantitative estimate of drug-likeness (QED) is 0.475. The Hall–Kier alpha value is -1.09. The molecular weight excluding hydrogens is 190 g/mol. The van der Waals surface area contributed by atoms with Crippen LogP contribution in [-0.4, -0.2) is 37.1 Å². The third kappa shape index (κ3) is 4.30. The molecule has 0 saturated heterocycles. The highest BCUT2D eigenvalue weighted by atomic mass is 16.5. The van der Waals surface area contributed by atoms with Crippen molar-refractivity contribution < 1.29 is 9.53 Å². The SMILES string of the molecule is C=CCN(CC=C)C(C(=O)OC)C(C)C. The molecule has 0 aromatic heterocycles. The van der Waals surface area contributed by atoms with Crippen LogP contribution in [0.2, 0.25) is 0 Å². The van der Waals surface area contributed by atoms with Crippen molar-refractivity contribution in [2.45, 2.75) is 19.9 Å². The number of esters is 1. The summed E-state index contributed by atoms with van der Waals surface area (Å²) in [5.74, 6) is 0.00560. The van der Waals surface area contributed by atoms with Crippen molar-refractivity contribution in [2.75, 3.05) is 20.2 Å². The first kappa shape index (κ1) is 13.9. The Kier molecular flexibility index (Phi) is 6.71. The largest absolute Gasteiger partial charge is 0.468 e. The fourth-order valence-corrected chi connectivity index (χ4v) is 1.60. The molecule has 15 heavy (non-hydrogen) atoms. The van der Waals surface area contributed by atoms with E-state index in [1.54, 1.807) is 12.2 Å². The van der Waals surface area contributed by atoms with Gasteiger partial charge in [-0.3, -0.25) is 9.69 Å². The number of rotatable bonds is 7. The topological polar surface area (TPSA) is 29.5 Å². The lowest BCUT2D eigenvalue weighted by molar-refractivity contribution is -0.148. The molecule has 86 valence electrons. The van der Waals surface area contributed by atoms with Crippen LogP contribution in [0.4, 0.5) is 0 Å². The molecule has 0 N–H and O–H groups in total. The normalized spacial score (nSPS) is 12.6. The van der Waals surface area contributed by atoms with E-state index in [4.69, 9.17) is 4.74 Å². The predicted molar refractivity (Wildman–Crippen MR) is 62.6 cm³/mol. The van der Waals surface area contributed by atoms with Gasteiger partial charge in [0.1, 0.15) is 6.04 Å². The molecule has 0 radical (unpaired) electrons. The Bertz CT molecular complexity index is 214. The molecule has 3 nitrogen and oxygen atoms in total. The van der Waals surface area contributed by atoms with Gasteiger partial charge >= 0.3 is 5.97 Å². The van der Waals surface area contributed by atoms with Gasteiger partial charge in [-0.05, 0) is 5.92 Å². The smallest absolute Gasteiger partial charge is 0.323 e. The first-order valence-electron chi connectivity index (χ1n) is 5.12. The summed E-state index contributed by atoms with van der Waals surface area (Å²) in [4.78, 5) is 13.6. The highest BCUT2D eigenvalue weighted by molar-refractivity contribution is 5.76. The van der Waals surface area contributed by atoms with E-state index >= 15 is 0 Å². The van der Waals surface area contributed by atoms with E-state index in [-0.39, 0.29) is 17.9 Å². The zero-order valence-electron chi connectivity index (χ0n) is 9.90. The summed E-state index contributed by atoms with van der Waals surface area (Å²) >= 11 is 0.